The summed E-state index contributed by atoms with van der Waals surface area (Å²) in [4.78, 5) is 0. The zero-order valence-electron chi connectivity index (χ0n) is 15.9. The molecular weight excluding hydrogens is 341 g/mol. The molecular formula is C23H26FNO2. The molecule has 0 fully saturated rings. The molecule has 3 nitrogen and oxygen atoms in total. The zero-order valence-corrected chi connectivity index (χ0v) is 15.9. The smallest absolute Gasteiger partial charge is 0.218 e. The molecule has 0 amide bonds. The maximum Gasteiger partial charge on any atom is 0.218 e. The molecule has 0 radical (unpaired) electrons. The third-order valence-electron chi connectivity index (χ3n) is 4.93. The summed E-state index contributed by atoms with van der Waals surface area (Å²) in [6.45, 7) is 4.04. The molecule has 0 atom stereocenters. The summed E-state index contributed by atoms with van der Waals surface area (Å²) in [5.74, 6) is 0.249. The van der Waals surface area contributed by atoms with Crippen molar-refractivity contribution in [2.45, 2.75) is 45.6 Å². The largest absolute Gasteiger partial charge is 0.444 e. The van der Waals surface area contributed by atoms with E-state index in [1.165, 1.54) is 23.6 Å². The molecule has 1 aromatic rings. The predicted octanol–water partition coefficient (Wildman–Crippen LogP) is 5.76. The Morgan fingerprint density at radius 2 is 1.93 bits per heavy atom. The molecule has 2 aliphatic carbocycles. The molecule has 0 aliphatic heterocycles. The van der Waals surface area contributed by atoms with Crippen LogP contribution in [0.1, 0.15) is 43.7 Å². The predicted molar refractivity (Wildman–Crippen MR) is 106 cm³/mol. The Kier molecular flexibility index (Phi) is 6.40. The first-order valence-corrected chi connectivity index (χ1v) is 9.45. The number of hydrogen-bond donors (Lipinski definition) is 1. The van der Waals surface area contributed by atoms with Crippen LogP contribution in [0, 0.1) is 18.2 Å². The minimum atomic E-state index is -0.335. The number of benzene rings is 1. The van der Waals surface area contributed by atoms with Gasteiger partial charge in [-0.05, 0) is 68.0 Å². The lowest BCUT2D eigenvalue weighted by molar-refractivity contribution is 0.112. The third-order valence-corrected chi connectivity index (χ3v) is 4.93. The highest BCUT2D eigenvalue weighted by Crippen LogP contribution is 2.29. The molecule has 3 rings (SSSR count). The van der Waals surface area contributed by atoms with Crippen molar-refractivity contribution in [1.29, 1.82) is 5.41 Å². The highest BCUT2D eigenvalue weighted by Gasteiger charge is 2.14. The quantitative estimate of drug-likeness (QED) is 0.394. The third kappa shape index (κ3) is 5.04. The Labute approximate surface area is 160 Å². The minimum absolute atomic E-state index is 0.0423. The summed E-state index contributed by atoms with van der Waals surface area (Å²) in [5.41, 5.74) is 3.83. The van der Waals surface area contributed by atoms with Crippen LogP contribution in [0.15, 0.2) is 65.5 Å². The molecule has 1 aromatic carbocycles. The Morgan fingerprint density at radius 3 is 2.56 bits per heavy atom. The molecule has 0 heterocycles. The van der Waals surface area contributed by atoms with Crippen molar-refractivity contribution >= 4 is 5.90 Å². The fourth-order valence-corrected chi connectivity index (χ4v) is 3.24. The van der Waals surface area contributed by atoms with Gasteiger partial charge in [0.2, 0.25) is 5.90 Å². The van der Waals surface area contributed by atoms with Gasteiger partial charge in [0.1, 0.15) is 11.6 Å². The van der Waals surface area contributed by atoms with E-state index in [9.17, 15) is 4.39 Å². The van der Waals surface area contributed by atoms with Crippen molar-refractivity contribution in [2.24, 2.45) is 0 Å². The van der Waals surface area contributed by atoms with Crippen molar-refractivity contribution in [3.05, 3.63) is 82.4 Å². The molecule has 0 saturated heterocycles. The van der Waals surface area contributed by atoms with Gasteiger partial charge in [-0.1, -0.05) is 30.4 Å². The summed E-state index contributed by atoms with van der Waals surface area (Å²) in [5, 5.41) is 8.06. The number of ether oxygens (including phenoxy) is 2. The summed E-state index contributed by atoms with van der Waals surface area (Å²) in [6, 6.07) is 4.67. The minimum Gasteiger partial charge on any atom is -0.444 e. The molecule has 0 spiro atoms. The first-order valence-electron chi connectivity index (χ1n) is 9.45. The highest BCUT2D eigenvalue weighted by atomic mass is 19.1. The van der Waals surface area contributed by atoms with Gasteiger partial charge < -0.3 is 9.47 Å². The van der Waals surface area contributed by atoms with Gasteiger partial charge in [0.05, 0.1) is 12.7 Å². The van der Waals surface area contributed by atoms with E-state index in [-0.39, 0.29) is 17.8 Å². The normalized spacial score (nSPS) is 17.2. The molecule has 2 aliphatic rings. The van der Waals surface area contributed by atoms with E-state index >= 15 is 0 Å². The van der Waals surface area contributed by atoms with Crippen molar-refractivity contribution in [3.8, 4) is 0 Å². The fraction of sp³-hybridized carbons (Fsp3) is 0.348. The molecule has 0 aromatic heterocycles. The summed E-state index contributed by atoms with van der Waals surface area (Å²) in [7, 11) is 0. The van der Waals surface area contributed by atoms with Gasteiger partial charge in [-0.25, -0.2) is 4.39 Å². The fourth-order valence-electron chi connectivity index (χ4n) is 3.24. The zero-order chi connectivity index (χ0) is 19.2. The van der Waals surface area contributed by atoms with Gasteiger partial charge in [-0.15, -0.1) is 0 Å². The first-order chi connectivity index (χ1) is 13.1. The van der Waals surface area contributed by atoms with Crippen LogP contribution in [0.5, 0.6) is 0 Å². The van der Waals surface area contributed by atoms with Gasteiger partial charge in [0.25, 0.3) is 0 Å². The van der Waals surface area contributed by atoms with Gasteiger partial charge in [-0.3, -0.25) is 5.41 Å². The van der Waals surface area contributed by atoms with E-state index in [2.05, 4.69) is 24.3 Å². The topological polar surface area (TPSA) is 42.3 Å². The number of aryl methyl sites for hydroxylation is 1. The second-order valence-corrected chi connectivity index (χ2v) is 6.86. The van der Waals surface area contributed by atoms with Crippen molar-refractivity contribution in [3.63, 3.8) is 0 Å². The number of hydrogen-bond acceptors (Lipinski definition) is 3. The molecule has 0 unspecified atom stereocenters. The monoisotopic (exact) mass is 367 g/mol. The van der Waals surface area contributed by atoms with Crippen LogP contribution in [0.25, 0.3) is 0 Å². The Morgan fingerprint density at radius 1 is 1.22 bits per heavy atom. The Balaban J connectivity index is 1.49. The van der Waals surface area contributed by atoms with E-state index in [0.29, 0.717) is 29.9 Å². The van der Waals surface area contributed by atoms with Gasteiger partial charge >= 0.3 is 0 Å². The number of allylic oxidation sites excluding steroid dienone is 5. The van der Waals surface area contributed by atoms with Crippen LogP contribution in [0.2, 0.25) is 0 Å². The summed E-state index contributed by atoms with van der Waals surface area (Å²) >= 11 is 0. The average Bonchev–Trinajstić information content (AvgIpc) is 3.03. The lowest BCUT2D eigenvalue weighted by atomic mass is 10.1. The highest BCUT2D eigenvalue weighted by molar-refractivity contribution is 5.92. The van der Waals surface area contributed by atoms with E-state index in [0.717, 1.165) is 12.8 Å². The number of halogens is 1. The van der Waals surface area contributed by atoms with Crippen LogP contribution in [-0.4, -0.2) is 18.6 Å². The second-order valence-electron chi connectivity index (χ2n) is 6.86. The van der Waals surface area contributed by atoms with Crippen molar-refractivity contribution in [2.75, 3.05) is 6.61 Å². The summed E-state index contributed by atoms with van der Waals surface area (Å²) in [6.07, 6.45) is 14.4. The van der Waals surface area contributed by atoms with E-state index < -0.39 is 0 Å². The van der Waals surface area contributed by atoms with E-state index in [1.807, 2.05) is 13.0 Å². The average molecular weight is 367 g/mol. The Hall–Kier alpha value is -2.46. The SMILES string of the molecule is C/C=C(\CCOC1C=CC2=C(C=C1)CCC2)OC(=N)c1ccc(C)c(F)c1. The molecule has 1 N–H and O–H groups in total. The lowest BCUT2D eigenvalue weighted by Gasteiger charge is -2.13. The standard InChI is InChI=1S/C23H26FNO2/c1-3-20(27-23(25)19-8-7-16(2)22(24)15-19)13-14-26-21-11-9-17-5-4-6-18(17)10-12-21/h3,7-12,15,21,25H,4-6,13-14H2,1-2H3/b20-3+,25-23?. The maximum atomic E-state index is 13.7. The van der Waals surface area contributed by atoms with E-state index in [1.54, 1.807) is 19.1 Å². The lowest BCUT2D eigenvalue weighted by Crippen LogP contribution is -2.11. The Bertz CT molecular complexity index is 809. The number of nitrogens with one attached hydrogen (secondary N) is 1. The van der Waals surface area contributed by atoms with Gasteiger partial charge in [0.15, 0.2) is 0 Å². The maximum absolute atomic E-state index is 13.7. The van der Waals surface area contributed by atoms with Gasteiger partial charge in [-0.2, -0.15) is 0 Å². The van der Waals surface area contributed by atoms with Crippen LogP contribution >= 0.6 is 0 Å². The second kappa shape index (κ2) is 8.96. The van der Waals surface area contributed by atoms with Gasteiger partial charge in [0, 0.05) is 12.0 Å². The van der Waals surface area contributed by atoms with Crippen LogP contribution in [0.3, 0.4) is 0 Å². The summed E-state index contributed by atoms with van der Waals surface area (Å²) < 4.78 is 25.2. The first kappa shape index (κ1) is 19.3. The van der Waals surface area contributed by atoms with E-state index in [4.69, 9.17) is 14.9 Å². The van der Waals surface area contributed by atoms with Crippen LogP contribution in [-0.2, 0) is 9.47 Å². The molecule has 0 bridgehead atoms. The molecule has 27 heavy (non-hydrogen) atoms. The van der Waals surface area contributed by atoms with Crippen molar-refractivity contribution < 1.29 is 13.9 Å². The molecule has 0 saturated carbocycles. The molecule has 142 valence electrons. The van der Waals surface area contributed by atoms with Crippen LogP contribution in [0.4, 0.5) is 4.39 Å². The van der Waals surface area contributed by atoms with Crippen LogP contribution < -0.4 is 0 Å². The number of rotatable bonds is 6. The van der Waals surface area contributed by atoms with Crippen molar-refractivity contribution in [1.82, 2.24) is 0 Å². The molecule has 4 heteroatoms.